The van der Waals surface area contributed by atoms with Crippen LogP contribution in [0.3, 0.4) is 0 Å². The third-order valence-corrected chi connectivity index (χ3v) is 5.32. The van der Waals surface area contributed by atoms with Crippen LogP contribution in [0.15, 0.2) is 102 Å². The summed E-state index contributed by atoms with van der Waals surface area (Å²) >= 11 is 3.50. The summed E-state index contributed by atoms with van der Waals surface area (Å²) in [4.78, 5) is 14.5. The van der Waals surface area contributed by atoms with E-state index in [1.54, 1.807) is 0 Å². The molecule has 2 heterocycles. The van der Waals surface area contributed by atoms with Crippen LogP contribution < -0.4 is 0 Å². The van der Waals surface area contributed by atoms with Crippen LogP contribution >= 0.6 is 15.9 Å². The fourth-order valence-electron chi connectivity index (χ4n) is 3.34. The van der Waals surface area contributed by atoms with Crippen molar-refractivity contribution in [3.63, 3.8) is 0 Å². The van der Waals surface area contributed by atoms with Crippen LogP contribution in [0.2, 0.25) is 0 Å². The molecule has 0 aliphatic rings. The summed E-state index contributed by atoms with van der Waals surface area (Å²) < 4.78 is 1.03. The molecule has 0 aliphatic carbocycles. The lowest BCUT2D eigenvalue weighted by atomic mass is 10.0. The van der Waals surface area contributed by atoms with Gasteiger partial charge in [0.2, 0.25) is 0 Å². The fraction of sp³-hybridized carbons (Fsp3) is 0. The highest BCUT2D eigenvalue weighted by molar-refractivity contribution is 9.10. The van der Waals surface area contributed by atoms with Crippen molar-refractivity contribution in [2.45, 2.75) is 0 Å². The average molecular weight is 438 g/mol. The molecule has 0 spiro atoms. The Morgan fingerprint density at radius 2 is 1.14 bits per heavy atom. The van der Waals surface area contributed by atoms with E-state index in [-0.39, 0.29) is 0 Å². The molecule has 0 saturated heterocycles. The first-order chi connectivity index (χ1) is 14.3. The number of hydrogen-bond donors (Lipinski definition) is 0. The summed E-state index contributed by atoms with van der Waals surface area (Å²) in [6, 6.07) is 30.6. The van der Waals surface area contributed by atoms with E-state index in [4.69, 9.17) is 9.97 Å². The van der Waals surface area contributed by atoms with Crippen molar-refractivity contribution < 1.29 is 0 Å². The quantitative estimate of drug-likeness (QED) is 0.311. The van der Waals surface area contributed by atoms with Crippen LogP contribution in [-0.2, 0) is 0 Å². The van der Waals surface area contributed by atoms with Crippen molar-refractivity contribution in [1.29, 1.82) is 0 Å². The first-order valence-corrected chi connectivity index (χ1v) is 10.1. The summed E-state index contributed by atoms with van der Waals surface area (Å²) in [5, 5.41) is 0. The van der Waals surface area contributed by atoms with Gasteiger partial charge in [0.15, 0.2) is 5.65 Å². The summed E-state index contributed by atoms with van der Waals surface area (Å²) in [6.07, 6.45) is 1.86. The van der Waals surface area contributed by atoms with Crippen LogP contribution in [-0.4, -0.2) is 15.0 Å². The Kier molecular flexibility index (Phi) is 4.62. The number of benzene rings is 3. The van der Waals surface area contributed by atoms with E-state index in [1.165, 1.54) is 0 Å². The predicted molar refractivity (Wildman–Crippen MR) is 121 cm³/mol. The maximum atomic E-state index is 4.99. The second-order valence-corrected chi connectivity index (χ2v) is 7.64. The third kappa shape index (κ3) is 3.55. The van der Waals surface area contributed by atoms with Crippen LogP contribution in [0, 0.1) is 0 Å². The van der Waals surface area contributed by atoms with Crippen LogP contribution in [0.1, 0.15) is 0 Å². The van der Waals surface area contributed by atoms with E-state index in [2.05, 4.69) is 51.2 Å². The zero-order valence-electron chi connectivity index (χ0n) is 15.5. The molecule has 138 valence electrons. The van der Waals surface area contributed by atoms with Crippen molar-refractivity contribution in [3.05, 3.63) is 102 Å². The molecule has 0 fully saturated rings. The van der Waals surface area contributed by atoms with Gasteiger partial charge in [0, 0.05) is 27.4 Å². The monoisotopic (exact) mass is 437 g/mol. The van der Waals surface area contributed by atoms with Gasteiger partial charge in [-0.25, -0.2) is 15.0 Å². The first-order valence-electron chi connectivity index (χ1n) is 9.32. The zero-order chi connectivity index (χ0) is 19.6. The molecule has 4 heteroatoms. The van der Waals surface area contributed by atoms with Gasteiger partial charge in [0.05, 0.1) is 11.4 Å². The highest BCUT2D eigenvalue weighted by atomic mass is 79.9. The number of pyridine rings is 1. The van der Waals surface area contributed by atoms with Crippen molar-refractivity contribution in [2.75, 3.05) is 0 Å². The molecule has 29 heavy (non-hydrogen) atoms. The Hall–Kier alpha value is -3.37. The lowest BCUT2D eigenvalue weighted by Gasteiger charge is -2.11. The fourth-order valence-corrected chi connectivity index (χ4v) is 3.61. The van der Waals surface area contributed by atoms with Gasteiger partial charge in [0.25, 0.3) is 0 Å². The molecule has 3 aromatic carbocycles. The smallest absolute Gasteiger partial charge is 0.178 e. The summed E-state index contributed by atoms with van der Waals surface area (Å²) in [5.41, 5.74) is 7.29. The van der Waals surface area contributed by atoms with Crippen molar-refractivity contribution in [2.24, 2.45) is 0 Å². The maximum Gasteiger partial charge on any atom is 0.178 e. The molecule has 0 atom stereocenters. The van der Waals surface area contributed by atoms with E-state index < -0.39 is 0 Å². The van der Waals surface area contributed by atoms with Gasteiger partial charge in [-0.1, -0.05) is 88.7 Å². The highest BCUT2D eigenvalue weighted by Gasteiger charge is 2.14. The van der Waals surface area contributed by atoms with Crippen molar-refractivity contribution >= 4 is 27.1 Å². The van der Waals surface area contributed by atoms with E-state index >= 15 is 0 Å². The number of rotatable bonds is 3. The van der Waals surface area contributed by atoms with Crippen molar-refractivity contribution in [3.8, 4) is 33.6 Å². The van der Waals surface area contributed by atoms with E-state index in [1.807, 2.05) is 66.9 Å². The van der Waals surface area contributed by atoms with Crippen LogP contribution in [0.4, 0.5) is 0 Å². The van der Waals surface area contributed by atoms with Gasteiger partial charge in [-0.3, -0.25) is 0 Å². The van der Waals surface area contributed by atoms with Crippen molar-refractivity contribution in [1.82, 2.24) is 15.0 Å². The molecule has 5 rings (SSSR count). The van der Waals surface area contributed by atoms with E-state index in [0.29, 0.717) is 5.65 Å². The molecule has 3 nitrogen and oxygen atoms in total. The first kappa shape index (κ1) is 17.7. The number of fused-ring (bicyclic) bond motifs is 1. The molecule has 0 aliphatic heterocycles. The largest absolute Gasteiger partial charge is 0.242 e. The summed E-state index contributed by atoms with van der Waals surface area (Å²) in [5.74, 6) is 0. The second-order valence-electron chi connectivity index (χ2n) is 6.73. The normalized spacial score (nSPS) is 10.9. The standard InChI is InChI=1S/C25H16BrN3/c26-21-13-11-19(12-14-21)24-23(18-9-5-2-6-10-18)28-22-15-20(16-27-25(22)29-24)17-7-3-1-4-8-17/h1-16H. The molecule has 0 saturated carbocycles. The third-order valence-electron chi connectivity index (χ3n) is 4.79. The molecule has 0 bridgehead atoms. The Labute approximate surface area is 177 Å². The lowest BCUT2D eigenvalue weighted by Crippen LogP contribution is -1.97. The average Bonchev–Trinajstić information content (AvgIpc) is 2.79. The second kappa shape index (κ2) is 7.57. The van der Waals surface area contributed by atoms with Gasteiger partial charge in [-0.2, -0.15) is 0 Å². The summed E-state index contributed by atoms with van der Waals surface area (Å²) in [7, 11) is 0. The van der Waals surface area contributed by atoms with Gasteiger partial charge >= 0.3 is 0 Å². The Balaban J connectivity index is 1.74. The SMILES string of the molecule is Brc1ccc(-c2nc3ncc(-c4ccccc4)cc3nc2-c2ccccc2)cc1. The number of halogens is 1. The predicted octanol–water partition coefficient (Wildman–Crippen LogP) is 6.79. The number of nitrogens with zero attached hydrogens (tertiary/aromatic N) is 3. The molecule has 0 amide bonds. The topological polar surface area (TPSA) is 38.7 Å². The summed E-state index contributed by atoms with van der Waals surface area (Å²) in [6.45, 7) is 0. The van der Waals surface area contributed by atoms with Gasteiger partial charge in [0.1, 0.15) is 5.52 Å². The van der Waals surface area contributed by atoms with Crippen LogP contribution in [0.25, 0.3) is 44.8 Å². The minimum Gasteiger partial charge on any atom is -0.242 e. The minimum absolute atomic E-state index is 0.641. The van der Waals surface area contributed by atoms with Gasteiger partial charge in [-0.15, -0.1) is 0 Å². The minimum atomic E-state index is 0.641. The van der Waals surface area contributed by atoms with E-state index in [0.717, 1.165) is 43.6 Å². The molecule has 0 unspecified atom stereocenters. The van der Waals surface area contributed by atoms with Gasteiger partial charge < -0.3 is 0 Å². The number of hydrogen-bond acceptors (Lipinski definition) is 3. The van der Waals surface area contributed by atoms with Crippen LogP contribution in [0.5, 0.6) is 0 Å². The zero-order valence-corrected chi connectivity index (χ0v) is 17.0. The molecule has 0 radical (unpaired) electrons. The highest BCUT2D eigenvalue weighted by Crippen LogP contribution is 2.32. The van der Waals surface area contributed by atoms with E-state index in [9.17, 15) is 0 Å². The Morgan fingerprint density at radius 3 is 1.83 bits per heavy atom. The number of aromatic nitrogens is 3. The molecule has 5 aromatic rings. The Bertz CT molecular complexity index is 1280. The molecule has 0 N–H and O–H groups in total. The molecule has 2 aromatic heterocycles. The maximum absolute atomic E-state index is 4.99. The molecular formula is C25H16BrN3. The molecular weight excluding hydrogens is 422 g/mol. The van der Waals surface area contributed by atoms with Gasteiger partial charge in [-0.05, 0) is 23.8 Å². The lowest BCUT2D eigenvalue weighted by molar-refractivity contribution is 1.23. The Morgan fingerprint density at radius 1 is 0.552 bits per heavy atom.